The van der Waals surface area contributed by atoms with Gasteiger partial charge in [-0.2, -0.15) is 4.98 Å². The highest BCUT2D eigenvalue weighted by atomic mass is 16.5. The largest absolute Gasteiger partial charge is 0.340 e. The predicted octanol–water partition coefficient (Wildman–Crippen LogP) is 3.10. The second kappa shape index (κ2) is 9.38. The van der Waals surface area contributed by atoms with Crippen molar-refractivity contribution in [2.45, 2.75) is 43.7 Å². The van der Waals surface area contributed by atoms with Crippen molar-refractivity contribution in [3.63, 3.8) is 0 Å². The molecule has 2 amide bonds. The van der Waals surface area contributed by atoms with Crippen LogP contribution in [0.2, 0.25) is 0 Å². The van der Waals surface area contributed by atoms with E-state index in [4.69, 9.17) is 10.3 Å². The number of likely N-dealkylation sites (tertiary alicyclic amines) is 2. The zero-order valence-corrected chi connectivity index (χ0v) is 19.2. The molecule has 3 aromatic rings. The third-order valence-electron chi connectivity index (χ3n) is 6.91. The van der Waals surface area contributed by atoms with Crippen molar-refractivity contribution in [1.82, 2.24) is 19.9 Å². The topological polar surface area (TPSA) is 106 Å². The first-order chi connectivity index (χ1) is 16.5. The highest BCUT2D eigenvalue weighted by Crippen LogP contribution is 2.35. The second-order valence-electron chi connectivity index (χ2n) is 9.24. The van der Waals surface area contributed by atoms with Gasteiger partial charge in [-0.05, 0) is 30.9 Å². The van der Waals surface area contributed by atoms with Crippen molar-refractivity contribution in [1.29, 1.82) is 0 Å². The van der Waals surface area contributed by atoms with E-state index in [1.54, 1.807) is 11.8 Å². The predicted molar refractivity (Wildman–Crippen MR) is 126 cm³/mol. The standard InChI is InChI=1S/C26H29N5O3/c1-17(27)24-28-23(29-34-24)26(33)31-16-21(19-10-6-3-7-11-19)14-22(31)25(32)30-13-12-20(15-30)18-8-4-2-5-9-18/h2-11,17,20-22H,12-16,27H2,1H3/t17-,20-,21?,22?/m0/s1. The average Bonchev–Trinajstić information content (AvgIpc) is 3.64. The van der Waals surface area contributed by atoms with Gasteiger partial charge in [-0.3, -0.25) is 9.59 Å². The van der Waals surface area contributed by atoms with Crippen LogP contribution in [0.4, 0.5) is 0 Å². The monoisotopic (exact) mass is 459 g/mol. The van der Waals surface area contributed by atoms with E-state index in [-0.39, 0.29) is 23.5 Å². The Morgan fingerprint density at radius 2 is 1.65 bits per heavy atom. The van der Waals surface area contributed by atoms with Crippen LogP contribution in [0.15, 0.2) is 65.2 Å². The van der Waals surface area contributed by atoms with Gasteiger partial charge in [0.2, 0.25) is 11.8 Å². The fourth-order valence-corrected chi connectivity index (χ4v) is 5.07. The molecule has 2 aromatic carbocycles. The van der Waals surface area contributed by atoms with Crippen LogP contribution in [0.25, 0.3) is 0 Å². The zero-order valence-electron chi connectivity index (χ0n) is 19.2. The van der Waals surface area contributed by atoms with Gasteiger partial charge in [0.1, 0.15) is 6.04 Å². The van der Waals surface area contributed by atoms with Crippen LogP contribution >= 0.6 is 0 Å². The normalized spacial score (nSPS) is 23.3. The molecule has 5 rings (SSSR count). The number of aromatic nitrogens is 2. The van der Waals surface area contributed by atoms with Crippen LogP contribution < -0.4 is 5.73 Å². The molecule has 2 N–H and O–H groups in total. The van der Waals surface area contributed by atoms with Gasteiger partial charge in [-0.15, -0.1) is 0 Å². The van der Waals surface area contributed by atoms with Gasteiger partial charge in [0.25, 0.3) is 11.7 Å². The number of carbonyl (C=O) groups is 2. The van der Waals surface area contributed by atoms with E-state index in [0.717, 1.165) is 12.0 Å². The first-order valence-electron chi connectivity index (χ1n) is 11.8. The van der Waals surface area contributed by atoms with Gasteiger partial charge >= 0.3 is 0 Å². The minimum Gasteiger partial charge on any atom is -0.340 e. The van der Waals surface area contributed by atoms with Crippen molar-refractivity contribution < 1.29 is 14.1 Å². The molecule has 0 bridgehead atoms. The molecule has 176 valence electrons. The highest BCUT2D eigenvalue weighted by molar-refractivity contribution is 5.95. The van der Waals surface area contributed by atoms with E-state index in [2.05, 4.69) is 22.3 Å². The Morgan fingerprint density at radius 3 is 2.26 bits per heavy atom. The highest BCUT2D eigenvalue weighted by Gasteiger charge is 2.44. The summed E-state index contributed by atoms with van der Waals surface area (Å²) in [5.41, 5.74) is 8.18. The summed E-state index contributed by atoms with van der Waals surface area (Å²) in [6, 6.07) is 19.3. The van der Waals surface area contributed by atoms with Crippen LogP contribution in [-0.2, 0) is 4.79 Å². The first-order valence-corrected chi connectivity index (χ1v) is 11.8. The van der Waals surface area contributed by atoms with E-state index in [1.807, 2.05) is 53.4 Å². The zero-order chi connectivity index (χ0) is 23.7. The summed E-state index contributed by atoms with van der Waals surface area (Å²) in [7, 11) is 0. The molecule has 0 saturated carbocycles. The second-order valence-corrected chi connectivity index (χ2v) is 9.24. The molecular weight excluding hydrogens is 430 g/mol. The van der Waals surface area contributed by atoms with Crippen molar-refractivity contribution in [2.24, 2.45) is 5.73 Å². The van der Waals surface area contributed by atoms with Gasteiger partial charge in [0, 0.05) is 31.5 Å². The number of amides is 2. The molecule has 34 heavy (non-hydrogen) atoms. The SMILES string of the molecule is C[C@H](N)c1nc(C(=O)N2CC(c3ccccc3)CC2C(=O)N2CC[C@H](c3ccccc3)C2)no1. The Hall–Kier alpha value is -3.52. The van der Waals surface area contributed by atoms with E-state index in [0.29, 0.717) is 32.0 Å². The maximum Gasteiger partial charge on any atom is 0.295 e. The van der Waals surface area contributed by atoms with Crippen LogP contribution in [0.1, 0.15) is 65.3 Å². The van der Waals surface area contributed by atoms with Gasteiger partial charge in [0.05, 0.1) is 6.04 Å². The molecule has 0 spiro atoms. The summed E-state index contributed by atoms with van der Waals surface area (Å²) < 4.78 is 5.15. The molecule has 2 aliphatic heterocycles. The molecule has 0 aliphatic carbocycles. The summed E-state index contributed by atoms with van der Waals surface area (Å²) >= 11 is 0. The summed E-state index contributed by atoms with van der Waals surface area (Å²) in [4.78, 5) is 34.8. The van der Waals surface area contributed by atoms with E-state index < -0.39 is 18.0 Å². The number of nitrogens with zero attached hydrogens (tertiary/aromatic N) is 4. The summed E-state index contributed by atoms with van der Waals surface area (Å²) in [5.74, 6) is 0.114. The van der Waals surface area contributed by atoms with E-state index in [1.165, 1.54) is 5.56 Å². The van der Waals surface area contributed by atoms with Crippen molar-refractivity contribution in [3.8, 4) is 0 Å². The van der Waals surface area contributed by atoms with Gasteiger partial charge < -0.3 is 20.1 Å². The molecule has 1 aromatic heterocycles. The molecule has 8 heteroatoms. The third-order valence-corrected chi connectivity index (χ3v) is 6.91. The smallest absolute Gasteiger partial charge is 0.295 e. The fraction of sp³-hybridized carbons (Fsp3) is 0.385. The summed E-state index contributed by atoms with van der Waals surface area (Å²) in [5, 5.41) is 3.84. The Bertz CT molecular complexity index is 1150. The van der Waals surface area contributed by atoms with Crippen LogP contribution in [0.3, 0.4) is 0 Å². The molecule has 0 radical (unpaired) electrons. The number of hydrogen-bond acceptors (Lipinski definition) is 6. The number of nitrogens with two attached hydrogens (primary N) is 1. The van der Waals surface area contributed by atoms with Gasteiger partial charge in [-0.25, -0.2) is 0 Å². The Balaban J connectivity index is 1.38. The maximum absolute atomic E-state index is 13.7. The number of carbonyl (C=O) groups excluding carboxylic acids is 2. The van der Waals surface area contributed by atoms with Crippen molar-refractivity contribution >= 4 is 11.8 Å². The number of rotatable bonds is 5. The third kappa shape index (κ3) is 4.33. The van der Waals surface area contributed by atoms with Crippen LogP contribution in [0, 0.1) is 0 Å². The maximum atomic E-state index is 13.7. The molecule has 3 heterocycles. The fourth-order valence-electron chi connectivity index (χ4n) is 5.07. The molecule has 2 saturated heterocycles. The Morgan fingerprint density at radius 1 is 1.00 bits per heavy atom. The molecule has 2 unspecified atom stereocenters. The number of benzene rings is 2. The lowest BCUT2D eigenvalue weighted by Gasteiger charge is -2.27. The lowest BCUT2D eigenvalue weighted by Crippen LogP contribution is -2.47. The molecule has 2 fully saturated rings. The number of hydrogen-bond donors (Lipinski definition) is 1. The van der Waals surface area contributed by atoms with Gasteiger partial charge in [-0.1, -0.05) is 65.8 Å². The lowest BCUT2D eigenvalue weighted by molar-refractivity contribution is -0.134. The minimum absolute atomic E-state index is 0.0128. The summed E-state index contributed by atoms with van der Waals surface area (Å²) in [6.45, 7) is 3.49. The van der Waals surface area contributed by atoms with Crippen molar-refractivity contribution in [3.05, 3.63) is 83.5 Å². The van der Waals surface area contributed by atoms with Gasteiger partial charge in [0.15, 0.2) is 0 Å². The Labute approximate surface area is 198 Å². The molecular formula is C26H29N5O3. The minimum atomic E-state index is -0.565. The average molecular weight is 460 g/mol. The Kier molecular flexibility index (Phi) is 6.15. The van der Waals surface area contributed by atoms with E-state index in [9.17, 15) is 9.59 Å². The lowest BCUT2D eigenvalue weighted by atomic mass is 9.96. The van der Waals surface area contributed by atoms with Crippen molar-refractivity contribution in [2.75, 3.05) is 19.6 Å². The molecule has 8 nitrogen and oxygen atoms in total. The molecule has 2 aliphatic rings. The first kappa shape index (κ1) is 22.3. The summed E-state index contributed by atoms with van der Waals surface area (Å²) in [6.07, 6.45) is 1.49. The van der Waals surface area contributed by atoms with Crippen LogP contribution in [-0.4, -0.2) is 57.4 Å². The van der Waals surface area contributed by atoms with E-state index >= 15 is 0 Å². The quantitative estimate of drug-likeness (QED) is 0.629. The molecule has 4 atom stereocenters. The van der Waals surface area contributed by atoms with Crippen LogP contribution in [0.5, 0.6) is 0 Å².